The monoisotopic (exact) mass is 595 g/mol. The summed E-state index contributed by atoms with van der Waals surface area (Å²) in [5, 5.41) is 14.1. The highest BCUT2D eigenvalue weighted by Gasteiger charge is 2.48. The van der Waals surface area contributed by atoms with Gasteiger partial charge in [-0.15, -0.1) is 0 Å². The molecule has 2 aliphatic heterocycles. The largest absolute Gasteiger partial charge is 0.506 e. The molecule has 0 bridgehead atoms. The standard InChI is InChI=1S/C31H34FN3O6S/c1-7-17(2)15-40-20-11-12-21(22(32)13-20)28-29-23(14-31(5,6)16-42(29,38)39)34-27-24(9-8-10-25(27)36)35(28)30(37)26-18(3)41-19(4)33-26/h7-13,28,34,36H,14-16H2,1-6H3/b17-7+. The number of fused-ring (bicyclic) bond motifs is 1. The Morgan fingerprint density at radius 2 is 2.02 bits per heavy atom. The van der Waals surface area contributed by atoms with Gasteiger partial charge in [-0.05, 0) is 62.4 Å². The second-order valence-corrected chi connectivity index (χ2v) is 13.5. The number of aromatic hydroxyl groups is 1. The number of anilines is 2. The smallest absolute Gasteiger partial charge is 0.281 e. The van der Waals surface area contributed by atoms with Crippen molar-refractivity contribution in [2.24, 2.45) is 5.41 Å². The van der Waals surface area contributed by atoms with Crippen molar-refractivity contribution in [3.05, 3.63) is 87.4 Å². The van der Waals surface area contributed by atoms with Crippen molar-refractivity contribution < 1.29 is 31.9 Å². The molecule has 1 aromatic heterocycles. The maximum atomic E-state index is 16.2. The summed E-state index contributed by atoms with van der Waals surface area (Å²) < 4.78 is 55.6. The first-order valence-electron chi connectivity index (χ1n) is 13.6. The number of ether oxygens (including phenoxy) is 1. The first kappa shape index (κ1) is 29.4. The van der Waals surface area contributed by atoms with E-state index >= 15 is 4.39 Å². The lowest BCUT2D eigenvalue weighted by Gasteiger charge is -2.37. The molecule has 3 aromatic rings. The van der Waals surface area contributed by atoms with Gasteiger partial charge in [-0.2, -0.15) is 0 Å². The normalized spacial score (nSPS) is 19.5. The third-order valence-corrected chi connectivity index (χ3v) is 9.78. The molecule has 2 N–H and O–H groups in total. The molecule has 1 atom stereocenters. The van der Waals surface area contributed by atoms with Crippen LogP contribution in [0.4, 0.5) is 15.8 Å². The number of nitrogens with zero attached hydrogens (tertiary/aromatic N) is 2. The van der Waals surface area contributed by atoms with Crippen molar-refractivity contribution in [1.82, 2.24) is 4.98 Å². The number of benzene rings is 2. The number of amides is 1. The number of para-hydroxylation sites is 1. The van der Waals surface area contributed by atoms with Gasteiger partial charge in [0, 0.05) is 24.3 Å². The third-order valence-electron chi connectivity index (χ3n) is 7.48. The molecule has 2 aromatic carbocycles. The lowest BCUT2D eigenvalue weighted by molar-refractivity contribution is 0.0974. The highest BCUT2D eigenvalue weighted by atomic mass is 32.2. The number of carbonyl (C=O) groups is 1. The Labute approximate surface area is 244 Å². The molecule has 0 spiro atoms. The number of sulfone groups is 1. The number of phenols is 1. The van der Waals surface area contributed by atoms with Crippen molar-refractivity contribution in [2.75, 3.05) is 22.6 Å². The van der Waals surface area contributed by atoms with Crippen LogP contribution in [0.1, 0.15) is 67.9 Å². The zero-order chi connectivity index (χ0) is 30.6. The van der Waals surface area contributed by atoms with Gasteiger partial charge in [-0.25, -0.2) is 17.8 Å². The summed E-state index contributed by atoms with van der Waals surface area (Å²) in [7, 11) is -4.06. The number of halogens is 1. The lowest BCUT2D eigenvalue weighted by atomic mass is 9.88. The molecule has 1 amide bonds. The number of carbonyl (C=O) groups excluding carboxylic acids is 1. The number of aryl methyl sites for hydroxylation is 2. The molecule has 9 nitrogen and oxygen atoms in total. The van der Waals surface area contributed by atoms with E-state index in [1.807, 2.05) is 33.8 Å². The quantitative estimate of drug-likeness (QED) is 0.259. The average Bonchev–Trinajstić information content (AvgIpc) is 3.16. The molecule has 0 aliphatic carbocycles. The zero-order valence-electron chi connectivity index (χ0n) is 24.4. The van der Waals surface area contributed by atoms with Gasteiger partial charge in [0.25, 0.3) is 5.91 Å². The molecule has 0 fully saturated rings. The lowest BCUT2D eigenvalue weighted by Crippen LogP contribution is -2.41. The Hall–Kier alpha value is -4.12. The summed E-state index contributed by atoms with van der Waals surface area (Å²) in [6.07, 6.45) is 2.16. The fraction of sp³-hybridized carbons (Fsp3) is 0.355. The summed E-state index contributed by atoms with van der Waals surface area (Å²) in [6.45, 7) is 10.8. The number of hydrogen-bond acceptors (Lipinski definition) is 8. The van der Waals surface area contributed by atoms with E-state index in [2.05, 4.69) is 10.3 Å². The molecule has 222 valence electrons. The Morgan fingerprint density at radius 1 is 1.29 bits per heavy atom. The van der Waals surface area contributed by atoms with Crippen LogP contribution in [0, 0.1) is 25.1 Å². The van der Waals surface area contributed by atoms with Crippen LogP contribution in [0.3, 0.4) is 0 Å². The molecule has 11 heteroatoms. The molecule has 3 heterocycles. The fourth-order valence-electron chi connectivity index (χ4n) is 5.55. The summed E-state index contributed by atoms with van der Waals surface area (Å²) in [5.41, 5.74) is 0.762. The zero-order valence-corrected chi connectivity index (χ0v) is 25.2. The first-order valence-corrected chi connectivity index (χ1v) is 15.2. The van der Waals surface area contributed by atoms with E-state index in [0.717, 1.165) is 5.57 Å². The molecular weight excluding hydrogens is 561 g/mol. The minimum atomic E-state index is -4.06. The molecule has 2 aliphatic rings. The number of rotatable bonds is 5. The van der Waals surface area contributed by atoms with Crippen LogP contribution in [-0.2, 0) is 9.84 Å². The van der Waals surface area contributed by atoms with Gasteiger partial charge in [0.2, 0.25) is 0 Å². The van der Waals surface area contributed by atoms with Crippen molar-refractivity contribution in [2.45, 2.75) is 54.0 Å². The van der Waals surface area contributed by atoms with Crippen LogP contribution in [0.5, 0.6) is 11.5 Å². The average molecular weight is 596 g/mol. The molecule has 42 heavy (non-hydrogen) atoms. The van der Waals surface area contributed by atoms with E-state index in [1.54, 1.807) is 26.0 Å². The second-order valence-electron chi connectivity index (χ2n) is 11.6. The number of nitrogens with one attached hydrogen (secondary N) is 1. The number of oxazole rings is 1. The predicted octanol–water partition coefficient (Wildman–Crippen LogP) is 6.35. The number of allylic oxidation sites excluding steroid dienone is 2. The van der Waals surface area contributed by atoms with Crippen LogP contribution in [0.25, 0.3) is 0 Å². The van der Waals surface area contributed by atoms with Gasteiger partial charge in [0.05, 0.1) is 16.3 Å². The fourth-order valence-corrected chi connectivity index (χ4v) is 7.91. The number of hydrogen-bond donors (Lipinski definition) is 2. The summed E-state index contributed by atoms with van der Waals surface area (Å²) in [6, 6.07) is 7.29. The summed E-state index contributed by atoms with van der Waals surface area (Å²) in [5.74, 6) is -1.15. The van der Waals surface area contributed by atoms with E-state index in [-0.39, 0.29) is 75.2 Å². The predicted molar refractivity (Wildman–Crippen MR) is 158 cm³/mol. The Balaban J connectivity index is 1.80. The van der Waals surface area contributed by atoms with E-state index in [0.29, 0.717) is 0 Å². The van der Waals surface area contributed by atoms with Gasteiger partial charge >= 0.3 is 0 Å². The van der Waals surface area contributed by atoms with E-state index in [4.69, 9.17) is 9.15 Å². The van der Waals surface area contributed by atoms with Gasteiger partial charge in [0.15, 0.2) is 21.4 Å². The molecule has 1 unspecified atom stereocenters. The third kappa shape index (κ3) is 5.29. The number of aromatic nitrogens is 1. The SMILES string of the molecule is C/C=C(\C)COc1ccc(C2C3=C(CC(C)(C)CS3(=O)=O)Nc3c(O)cccc3N2C(=O)c2nc(C)oc2C)c(F)c1. The molecular formula is C31H34FN3O6S. The second kappa shape index (κ2) is 10.6. The van der Waals surface area contributed by atoms with Crippen LogP contribution in [0.2, 0.25) is 0 Å². The molecule has 0 saturated heterocycles. The van der Waals surface area contributed by atoms with E-state index in [9.17, 15) is 18.3 Å². The maximum absolute atomic E-state index is 16.2. The molecule has 0 saturated carbocycles. The minimum absolute atomic E-state index is 0.0495. The van der Waals surface area contributed by atoms with Gasteiger partial charge in [-0.3, -0.25) is 9.69 Å². The van der Waals surface area contributed by atoms with Crippen molar-refractivity contribution in [1.29, 1.82) is 0 Å². The van der Waals surface area contributed by atoms with Crippen molar-refractivity contribution in [3.8, 4) is 11.5 Å². The minimum Gasteiger partial charge on any atom is -0.506 e. The molecule has 0 radical (unpaired) electrons. The number of phenolic OH excluding ortho intramolecular Hbond substituents is 1. The topological polar surface area (TPSA) is 122 Å². The molecule has 5 rings (SSSR count). The highest BCUT2D eigenvalue weighted by Crippen LogP contribution is 2.52. The van der Waals surface area contributed by atoms with Crippen LogP contribution < -0.4 is 15.0 Å². The highest BCUT2D eigenvalue weighted by molar-refractivity contribution is 7.95. The van der Waals surface area contributed by atoms with Gasteiger partial charge in [-0.1, -0.05) is 26.0 Å². The van der Waals surface area contributed by atoms with E-state index in [1.165, 1.54) is 29.2 Å². The Bertz CT molecular complexity index is 1760. The van der Waals surface area contributed by atoms with Crippen LogP contribution in [0.15, 0.2) is 63.1 Å². The summed E-state index contributed by atoms with van der Waals surface area (Å²) >= 11 is 0. The van der Waals surface area contributed by atoms with Crippen LogP contribution in [-0.4, -0.2) is 36.8 Å². The van der Waals surface area contributed by atoms with E-state index < -0.39 is 33.0 Å². The van der Waals surface area contributed by atoms with Crippen molar-refractivity contribution in [3.63, 3.8) is 0 Å². The first-order chi connectivity index (χ1) is 19.7. The van der Waals surface area contributed by atoms with Crippen LogP contribution >= 0.6 is 0 Å². The van der Waals surface area contributed by atoms with Gasteiger partial charge < -0.3 is 19.6 Å². The Morgan fingerprint density at radius 3 is 2.67 bits per heavy atom. The Kier molecular flexibility index (Phi) is 7.42. The van der Waals surface area contributed by atoms with Crippen molar-refractivity contribution >= 4 is 27.1 Å². The summed E-state index contributed by atoms with van der Waals surface area (Å²) in [4.78, 5) is 19.7. The maximum Gasteiger partial charge on any atom is 0.281 e. The van der Waals surface area contributed by atoms with Gasteiger partial charge in [0.1, 0.15) is 41.4 Å².